The number of rotatable bonds is 10. The summed E-state index contributed by atoms with van der Waals surface area (Å²) in [6.07, 6.45) is 5.32. The van der Waals surface area contributed by atoms with E-state index in [9.17, 15) is 14.0 Å². The van der Waals surface area contributed by atoms with Gasteiger partial charge in [-0.25, -0.2) is 4.39 Å². The standard InChI is InChI=1S/C29H33FN2O4S/c1-35-25-15-12-21(17-26(25)36-2)28(29(34)31-23-7-4-3-5-8-23)32(19-20-10-13-22(30)14-11-20)27(33)18-24-9-6-16-37-24/h6,9-17,23,28H,3-5,7-8,18-19H2,1-2H3,(H,31,34)/t28-/m1/s1. The largest absolute Gasteiger partial charge is 0.493 e. The van der Waals surface area contributed by atoms with Crippen LogP contribution in [0.2, 0.25) is 0 Å². The van der Waals surface area contributed by atoms with Crippen molar-refractivity contribution in [3.8, 4) is 11.5 Å². The van der Waals surface area contributed by atoms with Gasteiger partial charge in [0.15, 0.2) is 11.5 Å². The molecule has 0 bridgehead atoms. The summed E-state index contributed by atoms with van der Waals surface area (Å²) in [6.45, 7) is 0.154. The van der Waals surface area contributed by atoms with E-state index in [1.54, 1.807) is 42.3 Å². The first-order valence-corrected chi connectivity index (χ1v) is 13.4. The summed E-state index contributed by atoms with van der Waals surface area (Å²) in [5, 5.41) is 5.14. The summed E-state index contributed by atoms with van der Waals surface area (Å²) in [6, 6.07) is 14.3. The topological polar surface area (TPSA) is 67.9 Å². The monoisotopic (exact) mass is 524 g/mol. The number of carbonyl (C=O) groups is 2. The molecule has 1 aromatic heterocycles. The Morgan fingerprint density at radius 3 is 2.41 bits per heavy atom. The van der Waals surface area contributed by atoms with E-state index in [1.807, 2.05) is 17.5 Å². The van der Waals surface area contributed by atoms with Crippen LogP contribution in [-0.4, -0.2) is 37.0 Å². The van der Waals surface area contributed by atoms with Crippen LogP contribution in [0.4, 0.5) is 4.39 Å². The second-order valence-corrected chi connectivity index (χ2v) is 10.3. The Morgan fingerprint density at radius 2 is 1.76 bits per heavy atom. The van der Waals surface area contributed by atoms with Crippen LogP contribution in [0.25, 0.3) is 0 Å². The molecule has 6 nitrogen and oxygen atoms in total. The molecule has 2 aromatic carbocycles. The van der Waals surface area contributed by atoms with Gasteiger partial charge in [0, 0.05) is 17.5 Å². The number of nitrogens with zero attached hydrogens (tertiary/aromatic N) is 1. The molecule has 0 unspecified atom stereocenters. The fourth-order valence-corrected chi connectivity index (χ4v) is 5.49. The van der Waals surface area contributed by atoms with E-state index < -0.39 is 6.04 Å². The van der Waals surface area contributed by atoms with Crippen molar-refractivity contribution >= 4 is 23.2 Å². The smallest absolute Gasteiger partial charge is 0.247 e. The molecule has 1 N–H and O–H groups in total. The highest BCUT2D eigenvalue weighted by atomic mass is 32.1. The van der Waals surface area contributed by atoms with Crippen LogP contribution in [0, 0.1) is 5.82 Å². The number of ether oxygens (including phenoxy) is 2. The molecule has 1 atom stereocenters. The SMILES string of the molecule is COc1ccc([C@H](C(=O)NC2CCCCC2)N(Cc2ccc(F)cc2)C(=O)Cc2cccs2)cc1OC. The van der Waals surface area contributed by atoms with Crippen molar-refractivity contribution in [2.24, 2.45) is 0 Å². The normalized spacial score (nSPS) is 14.6. The Kier molecular flexibility index (Phi) is 9.17. The van der Waals surface area contributed by atoms with Crippen LogP contribution in [0.15, 0.2) is 60.0 Å². The zero-order valence-electron chi connectivity index (χ0n) is 21.2. The second kappa shape index (κ2) is 12.7. The van der Waals surface area contributed by atoms with Crippen molar-refractivity contribution in [1.82, 2.24) is 10.2 Å². The first-order chi connectivity index (χ1) is 18.0. The number of thiophene rings is 1. The summed E-state index contributed by atoms with van der Waals surface area (Å²) in [5.74, 6) is 0.230. The van der Waals surface area contributed by atoms with Gasteiger partial charge < -0.3 is 19.7 Å². The summed E-state index contributed by atoms with van der Waals surface area (Å²) in [4.78, 5) is 30.2. The van der Waals surface area contributed by atoms with Gasteiger partial charge >= 0.3 is 0 Å². The van der Waals surface area contributed by atoms with Crippen molar-refractivity contribution in [3.63, 3.8) is 0 Å². The van der Waals surface area contributed by atoms with Gasteiger partial charge in [-0.05, 0) is 59.7 Å². The fourth-order valence-electron chi connectivity index (χ4n) is 4.80. The minimum absolute atomic E-state index is 0.0731. The summed E-state index contributed by atoms with van der Waals surface area (Å²) in [5.41, 5.74) is 1.35. The summed E-state index contributed by atoms with van der Waals surface area (Å²) in [7, 11) is 3.09. The maximum absolute atomic E-state index is 13.9. The van der Waals surface area contributed by atoms with Gasteiger partial charge in [-0.3, -0.25) is 9.59 Å². The number of nitrogens with one attached hydrogen (secondary N) is 1. The van der Waals surface area contributed by atoms with Crippen LogP contribution in [-0.2, 0) is 22.6 Å². The average molecular weight is 525 g/mol. The lowest BCUT2D eigenvalue weighted by molar-refractivity contribution is -0.141. The lowest BCUT2D eigenvalue weighted by Gasteiger charge is -2.34. The van der Waals surface area contributed by atoms with Crippen molar-refractivity contribution in [3.05, 3.63) is 81.8 Å². The van der Waals surface area contributed by atoms with E-state index in [1.165, 1.54) is 37.0 Å². The zero-order valence-corrected chi connectivity index (χ0v) is 22.1. The Bertz CT molecular complexity index is 1180. The molecule has 3 aromatic rings. The van der Waals surface area contributed by atoms with Crippen molar-refractivity contribution < 1.29 is 23.5 Å². The molecule has 2 amide bonds. The highest BCUT2D eigenvalue weighted by molar-refractivity contribution is 7.10. The van der Waals surface area contributed by atoms with Crippen LogP contribution in [0.5, 0.6) is 11.5 Å². The maximum Gasteiger partial charge on any atom is 0.247 e. The molecule has 0 saturated heterocycles. The van der Waals surface area contributed by atoms with E-state index in [2.05, 4.69) is 5.32 Å². The molecule has 1 aliphatic carbocycles. The van der Waals surface area contributed by atoms with Gasteiger partial charge in [-0.2, -0.15) is 0 Å². The van der Waals surface area contributed by atoms with Crippen molar-refractivity contribution in [2.45, 2.75) is 57.2 Å². The Labute approximate surface area is 221 Å². The molecule has 1 heterocycles. The van der Waals surface area contributed by atoms with Crippen LogP contribution < -0.4 is 14.8 Å². The number of methoxy groups -OCH3 is 2. The van der Waals surface area contributed by atoms with Crippen molar-refractivity contribution in [2.75, 3.05) is 14.2 Å². The molecule has 0 radical (unpaired) electrons. The van der Waals surface area contributed by atoms with Crippen LogP contribution >= 0.6 is 11.3 Å². The van der Waals surface area contributed by atoms with Gasteiger partial charge in [0.2, 0.25) is 11.8 Å². The minimum Gasteiger partial charge on any atom is -0.493 e. The lowest BCUT2D eigenvalue weighted by atomic mass is 9.94. The number of halogens is 1. The molecule has 1 saturated carbocycles. The highest BCUT2D eigenvalue weighted by Crippen LogP contribution is 2.34. The highest BCUT2D eigenvalue weighted by Gasteiger charge is 2.34. The third-order valence-electron chi connectivity index (χ3n) is 6.73. The zero-order chi connectivity index (χ0) is 26.2. The molecule has 1 fully saturated rings. The van der Waals surface area contributed by atoms with E-state index in [-0.39, 0.29) is 36.6 Å². The number of hydrogen-bond donors (Lipinski definition) is 1. The number of benzene rings is 2. The maximum atomic E-state index is 13.9. The molecule has 4 rings (SSSR count). The van der Waals surface area contributed by atoms with E-state index >= 15 is 0 Å². The van der Waals surface area contributed by atoms with Gasteiger partial charge in [-0.15, -0.1) is 11.3 Å². The van der Waals surface area contributed by atoms with Crippen LogP contribution in [0.1, 0.15) is 54.1 Å². The summed E-state index contributed by atoms with van der Waals surface area (Å²) >= 11 is 1.50. The fraction of sp³-hybridized carbons (Fsp3) is 0.379. The summed E-state index contributed by atoms with van der Waals surface area (Å²) < 4.78 is 24.5. The van der Waals surface area contributed by atoms with E-state index in [0.29, 0.717) is 17.1 Å². The average Bonchev–Trinajstić information content (AvgIpc) is 3.43. The Morgan fingerprint density at radius 1 is 1.03 bits per heavy atom. The van der Waals surface area contributed by atoms with Gasteiger partial charge in [-0.1, -0.05) is 43.5 Å². The molecular formula is C29H33FN2O4S. The predicted octanol–water partition coefficient (Wildman–Crippen LogP) is 5.67. The first-order valence-electron chi connectivity index (χ1n) is 12.6. The third-order valence-corrected chi connectivity index (χ3v) is 7.60. The second-order valence-electron chi connectivity index (χ2n) is 9.26. The van der Waals surface area contributed by atoms with Crippen molar-refractivity contribution in [1.29, 1.82) is 0 Å². The first kappa shape index (κ1) is 26.7. The molecule has 0 spiro atoms. The molecule has 1 aliphatic rings. The lowest BCUT2D eigenvalue weighted by Crippen LogP contribution is -2.47. The quantitative estimate of drug-likeness (QED) is 0.371. The number of carbonyl (C=O) groups excluding carboxylic acids is 2. The van der Waals surface area contributed by atoms with E-state index in [4.69, 9.17) is 9.47 Å². The van der Waals surface area contributed by atoms with Crippen LogP contribution in [0.3, 0.4) is 0 Å². The third kappa shape index (κ3) is 6.89. The Balaban J connectivity index is 1.74. The number of hydrogen-bond acceptors (Lipinski definition) is 5. The molecule has 8 heteroatoms. The van der Waals surface area contributed by atoms with E-state index in [0.717, 1.165) is 36.1 Å². The predicted molar refractivity (Wildman–Crippen MR) is 142 cm³/mol. The Hall–Kier alpha value is -3.39. The van der Waals surface area contributed by atoms with Gasteiger partial charge in [0.05, 0.1) is 20.6 Å². The molecule has 37 heavy (non-hydrogen) atoms. The van der Waals surface area contributed by atoms with Gasteiger partial charge in [0.25, 0.3) is 0 Å². The molecule has 0 aliphatic heterocycles. The minimum atomic E-state index is -0.903. The van der Waals surface area contributed by atoms with Gasteiger partial charge in [0.1, 0.15) is 11.9 Å². The molecular weight excluding hydrogens is 491 g/mol. The number of amides is 2. The molecule has 196 valence electrons.